The number of amidine groups is 1. The molecule has 1 aromatic carbocycles. The summed E-state index contributed by atoms with van der Waals surface area (Å²) in [6, 6.07) is 8.14. The third-order valence-corrected chi connectivity index (χ3v) is 5.80. The maximum atomic E-state index is 4.75. The monoisotopic (exact) mass is 436 g/mol. The highest BCUT2D eigenvalue weighted by atomic mass is 32.1. The maximum Gasteiger partial charge on any atom is 0.179 e. The molecular weight excluding hydrogens is 408 g/mol. The number of benzene rings is 1. The molecule has 0 saturated carbocycles. The van der Waals surface area contributed by atoms with Gasteiger partial charge in [-0.1, -0.05) is 19.1 Å². The molecule has 2 aromatic heterocycles. The lowest BCUT2D eigenvalue weighted by Gasteiger charge is -2.28. The minimum atomic E-state index is 0.707. The molecule has 4 rings (SSSR count). The SMILES string of the molecule is CC/C(=N\N=C(/C)N1CCNCC1)c1ccc(-c2cc(C)c3nc(C)nn3n2)cc1S. The predicted molar refractivity (Wildman–Crippen MR) is 127 cm³/mol. The molecule has 31 heavy (non-hydrogen) atoms. The van der Waals surface area contributed by atoms with Gasteiger partial charge in [-0.3, -0.25) is 0 Å². The van der Waals surface area contributed by atoms with Crippen LogP contribution < -0.4 is 5.32 Å². The molecular formula is C22H28N8S. The lowest BCUT2D eigenvalue weighted by molar-refractivity contribution is 0.355. The smallest absolute Gasteiger partial charge is 0.179 e. The first kappa shape index (κ1) is 21.5. The third kappa shape index (κ3) is 4.62. The number of hydrogen-bond donors (Lipinski definition) is 2. The number of hydrogen-bond acceptors (Lipinski definition) is 7. The van der Waals surface area contributed by atoms with Crippen LogP contribution in [0.4, 0.5) is 0 Å². The van der Waals surface area contributed by atoms with Crippen LogP contribution in [0.15, 0.2) is 39.4 Å². The van der Waals surface area contributed by atoms with Crippen LogP contribution in [-0.4, -0.2) is 62.4 Å². The quantitative estimate of drug-likeness (QED) is 0.284. The second kappa shape index (κ2) is 9.15. The molecule has 3 heterocycles. The molecule has 0 spiro atoms. The van der Waals surface area contributed by atoms with Gasteiger partial charge in [-0.25, -0.2) is 4.98 Å². The van der Waals surface area contributed by atoms with Crippen molar-refractivity contribution < 1.29 is 0 Å². The van der Waals surface area contributed by atoms with E-state index < -0.39 is 0 Å². The van der Waals surface area contributed by atoms with Crippen LogP contribution in [-0.2, 0) is 0 Å². The van der Waals surface area contributed by atoms with E-state index in [9.17, 15) is 0 Å². The van der Waals surface area contributed by atoms with E-state index in [-0.39, 0.29) is 0 Å². The Labute approximate surface area is 187 Å². The molecule has 0 atom stereocenters. The lowest BCUT2D eigenvalue weighted by Crippen LogP contribution is -2.45. The molecule has 0 bridgehead atoms. The molecule has 1 N–H and O–H groups in total. The second-order valence-corrected chi connectivity index (χ2v) is 8.18. The number of nitrogens with zero attached hydrogens (tertiary/aromatic N) is 7. The summed E-state index contributed by atoms with van der Waals surface area (Å²) in [7, 11) is 0. The number of fused-ring (bicyclic) bond motifs is 1. The normalized spacial score (nSPS) is 15.7. The minimum absolute atomic E-state index is 0.707. The Kier molecular flexibility index (Phi) is 6.33. The van der Waals surface area contributed by atoms with E-state index in [4.69, 9.17) is 12.6 Å². The van der Waals surface area contributed by atoms with Crippen molar-refractivity contribution in [3.8, 4) is 11.3 Å². The molecule has 0 unspecified atom stereocenters. The second-order valence-electron chi connectivity index (χ2n) is 7.70. The van der Waals surface area contributed by atoms with Crippen molar-refractivity contribution in [2.24, 2.45) is 10.2 Å². The van der Waals surface area contributed by atoms with E-state index in [1.807, 2.05) is 45.0 Å². The summed E-state index contributed by atoms with van der Waals surface area (Å²) < 4.78 is 1.60. The Morgan fingerprint density at radius 1 is 1.13 bits per heavy atom. The molecule has 1 aliphatic rings. The third-order valence-electron chi connectivity index (χ3n) is 5.43. The van der Waals surface area contributed by atoms with Crippen molar-refractivity contribution >= 4 is 29.8 Å². The summed E-state index contributed by atoms with van der Waals surface area (Å²) in [6.45, 7) is 11.9. The van der Waals surface area contributed by atoms with Gasteiger partial charge in [-0.2, -0.15) is 5.10 Å². The Morgan fingerprint density at radius 2 is 1.90 bits per heavy atom. The summed E-state index contributed by atoms with van der Waals surface area (Å²) in [5.74, 6) is 1.65. The van der Waals surface area contributed by atoms with Gasteiger partial charge in [0, 0.05) is 42.2 Å². The fourth-order valence-electron chi connectivity index (χ4n) is 3.70. The number of aromatic nitrogens is 4. The highest BCUT2D eigenvalue weighted by Gasteiger charge is 2.13. The average Bonchev–Trinajstić information content (AvgIpc) is 3.16. The molecule has 0 radical (unpaired) electrons. The summed E-state index contributed by atoms with van der Waals surface area (Å²) >= 11 is 4.75. The average molecular weight is 437 g/mol. The first-order valence-electron chi connectivity index (χ1n) is 10.6. The highest BCUT2D eigenvalue weighted by molar-refractivity contribution is 7.80. The van der Waals surface area contributed by atoms with Gasteiger partial charge in [0.25, 0.3) is 0 Å². The number of nitrogens with one attached hydrogen (secondary N) is 1. The van der Waals surface area contributed by atoms with Gasteiger partial charge in [-0.15, -0.1) is 32.6 Å². The van der Waals surface area contributed by atoms with Gasteiger partial charge in [0.15, 0.2) is 5.65 Å². The molecule has 9 heteroatoms. The molecule has 1 saturated heterocycles. The molecule has 8 nitrogen and oxygen atoms in total. The van der Waals surface area contributed by atoms with E-state index >= 15 is 0 Å². The van der Waals surface area contributed by atoms with E-state index in [1.165, 1.54) is 0 Å². The summed E-state index contributed by atoms with van der Waals surface area (Å²) in [5, 5.41) is 21.4. The summed E-state index contributed by atoms with van der Waals surface area (Å²) in [4.78, 5) is 7.53. The highest BCUT2D eigenvalue weighted by Crippen LogP contribution is 2.26. The van der Waals surface area contributed by atoms with Crippen LogP contribution >= 0.6 is 12.6 Å². The molecule has 1 aliphatic heterocycles. The van der Waals surface area contributed by atoms with Gasteiger partial charge < -0.3 is 10.2 Å². The Balaban J connectivity index is 1.63. The van der Waals surface area contributed by atoms with E-state index in [0.717, 1.165) is 77.1 Å². The van der Waals surface area contributed by atoms with Crippen LogP contribution in [0.5, 0.6) is 0 Å². The van der Waals surface area contributed by atoms with E-state index in [0.29, 0.717) is 5.82 Å². The fraction of sp³-hybridized carbons (Fsp3) is 0.409. The molecule has 3 aromatic rings. The van der Waals surface area contributed by atoms with Crippen LogP contribution in [0.2, 0.25) is 0 Å². The number of aryl methyl sites for hydroxylation is 2. The molecule has 0 aliphatic carbocycles. The van der Waals surface area contributed by atoms with Crippen molar-refractivity contribution in [1.29, 1.82) is 0 Å². The Hall–Kier alpha value is -2.78. The largest absolute Gasteiger partial charge is 0.356 e. The first-order chi connectivity index (χ1) is 15.0. The van der Waals surface area contributed by atoms with Crippen molar-refractivity contribution in [1.82, 2.24) is 30.0 Å². The zero-order valence-corrected chi connectivity index (χ0v) is 19.3. The molecule has 162 valence electrons. The van der Waals surface area contributed by atoms with Crippen molar-refractivity contribution in [3.05, 3.63) is 41.2 Å². The number of piperazine rings is 1. The molecule has 0 amide bonds. The zero-order valence-electron chi connectivity index (χ0n) is 18.4. The van der Waals surface area contributed by atoms with Gasteiger partial charge >= 0.3 is 0 Å². The Morgan fingerprint density at radius 3 is 2.61 bits per heavy atom. The lowest BCUT2D eigenvalue weighted by atomic mass is 10.0. The van der Waals surface area contributed by atoms with Crippen molar-refractivity contribution in [2.75, 3.05) is 26.2 Å². The van der Waals surface area contributed by atoms with Crippen LogP contribution in [0.3, 0.4) is 0 Å². The zero-order chi connectivity index (χ0) is 22.0. The number of rotatable bonds is 4. The van der Waals surface area contributed by atoms with Gasteiger partial charge in [0.05, 0.1) is 11.4 Å². The van der Waals surface area contributed by atoms with E-state index in [1.54, 1.807) is 4.63 Å². The number of thiol groups is 1. The Bertz CT molecular complexity index is 1160. The van der Waals surface area contributed by atoms with E-state index in [2.05, 4.69) is 42.5 Å². The van der Waals surface area contributed by atoms with Crippen LogP contribution in [0.1, 0.15) is 37.2 Å². The summed E-state index contributed by atoms with van der Waals surface area (Å²) in [6.07, 6.45) is 0.771. The standard InChI is InChI=1S/C22H28N8S/c1-5-19(26-25-16(4)29-10-8-23-9-11-29)18-7-6-17(13-21(18)31)20-12-14(2)22-24-15(3)27-30(22)28-20/h6-7,12-13,23,31H,5,8-11H2,1-4H3/b25-16+,26-19+. The van der Waals surface area contributed by atoms with Crippen LogP contribution in [0, 0.1) is 13.8 Å². The van der Waals surface area contributed by atoms with Gasteiger partial charge in [-0.05, 0) is 44.9 Å². The summed E-state index contributed by atoms with van der Waals surface area (Å²) in [5.41, 5.74) is 5.52. The molecule has 1 fully saturated rings. The maximum absolute atomic E-state index is 4.75. The van der Waals surface area contributed by atoms with Gasteiger partial charge in [0.1, 0.15) is 11.7 Å². The predicted octanol–water partition coefficient (Wildman–Crippen LogP) is 3.13. The van der Waals surface area contributed by atoms with Crippen molar-refractivity contribution in [2.45, 2.75) is 39.0 Å². The van der Waals surface area contributed by atoms with Crippen LogP contribution in [0.25, 0.3) is 16.9 Å². The minimum Gasteiger partial charge on any atom is -0.356 e. The fourth-order valence-corrected chi connectivity index (χ4v) is 4.04. The topological polar surface area (TPSA) is 83.1 Å². The van der Waals surface area contributed by atoms with Gasteiger partial charge in [0.2, 0.25) is 0 Å². The van der Waals surface area contributed by atoms with Crippen molar-refractivity contribution in [3.63, 3.8) is 0 Å². The first-order valence-corrected chi connectivity index (χ1v) is 11.0.